The summed E-state index contributed by atoms with van der Waals surface area (Å²) in [5.41, 5.74) is -0.0410. The molecule has 1 aromatic rings. The van der Waals surface area contributed by atoms with Crippen molar-refractivity contribution in [3.05, 3.63) is 38.9 Å². The van der Waals surface area contributed by atoms with Crippen LogP contribution in [0, 0.1) is 10.1 Å². The summed E-state index contributed by atoms with van der Waals surface area (Å²) in [6, 6.07) is 3.76. The molecule has 0 heterocycles. The summed E-state index contributed by atoms with van der Waals surface area (Å²) in [5, 5.41) is 10.5. The molecule has 104 valence electrons. The van der Waals surface area contributed by atoms with Crippen molar-refractivity contribution in [1.82, 2.24) is 4.90 Å². The first-order valence-corrected chi connectivity index (χ1v) is 5.98. The first-order valence-electron chi connectivity index (χ1n) is 5.61. The molecular formula is C12H15ClN2O4. The van der Waals surface area contributed by atoms with Crippen LogP contribution < -0.4 is 0 Å². The quantitative estimate of drug-likeness (QED) is 0.472. The van der Waals surface area contributed by atoms with E-state index in [-0.39, 0.29) is 22.4 Å². The number of esters is 1. The van der Waals surface area contributed by atoms with Gasteiger partial charge in [-0.3, -0.25) is 10.1 Å². The Morgan fingerprint density at radius 1 is 1.53 bits per heavy atom. The highest BCUT2D eigenvalue weighted by atomic mass is 35.5. The molecule has 0 fully saturated rings. The van der Waals surface area contributed by atoms with E-state index in [1.165, 1.54) is 18.2 Å². The lowest BCUT2D eigenvalue weighted by atomic mass is 10.2. The van der Waals surface area contributed by atoms with Crippen LogP contribution in [0.1, 0.15) is 17.3 Å². The Labute approximate surface area is 116 Å². The van der Waals surface area contributed by atoms with E-state index < -0.39 is 10.9 Å². The second kappa shape index (κ2) is 6.49. The summed E-state index contributed by atoms with van der Waals surface area (Å²) in [4.78, 5) is 23.7. The number of likely N-dealkylation sites (N-methyl/N-ethyl adjacent to an activating group) is 1. The summed E-state index contributed by atoms with van der Waals surface area (Å²) in [6.45, 7) is 2.36. The molecule has 1 rings (SSSR count). The predicted molar refractivity (Wildman–Crippen MR) is 71.5 cm³/mol. The number of hydrogen-bond donors (Lipinski definition) is 0. The lowest BCUT2D eigenvalue weighted by molar-refractivity contribution is -0.384. The highest BCUT2D eigenvalue weighted by molar-refractivity contribution is 6.33. The van der Waals surface area contributed by atoms with Gasteiger partial charge in [-0.05, 0) is 33.2 Å². The van der Waals surface area contributed by atoms with Crippen LogP contribution in [0.25, 0.3) is 0 Å². The van der Waals surface area contributed by atoms with Crippen molar-refractivity contribution in [1.29, 1.82) is 0 Å². The summed E-state index contributed by atoms with van der Waals surface area (Å²) in [5.74, 6) is -0.550. The second-order valence-corrected chi connectivity index (χ2v) is 4.81. The maximum Gasteiger partial charge on any atom is 0.338 e. The molecule has 0 amide bonds. The van der Waals surface area contributed by atoms with Crippen molar-refractivity contribution in [3.63, 3.8) is 0 Å². The first kappa shape index (κ1) is 15.4. The molecule has 0 spiro atoms. The van der Waals surface area contributed by atoms with Crippen LogP contribution >= 0.6 is 11.6 Å². The normalized spacial score (nSPS) is 12.3. The zero-order chi connectivity index (χ0) is 14.6. The van der Waals surface area contributed by atoms with Gasteiger partial charge in [0.15, 0.2) is 0 Å². The summed E-state index contributed by atoms with van der Waals surface area (Å²) in [7, 11) is 3.74. The average molecular weight is 287 g/mol. The fourth-order valence-electron chi connectivity index (χ4n) is 1.58. The number of nitro groups is 1. The molecule has 1 unspecified atom stereocenters. The number of carbonyl (C=O) groups excluding carboxylic acids is 1. The maximum atomic E-state index is 11.8. The molecule has 1 aromatic carbocycles. The van der Waals surface area contributed by atoms with Gasteiger partial charge in [-0.15, -0.1) is 0 Å². The van der Waals surface area contributed by atoms with E-state index in [1.54, 1.807) is 6.92 Å². The highest BCUT2D eigenvalue weighted by Crippen LogP contribution is 2.25. The smallest absolute Gasteiger partial charge is 0.338 e. The third-order valence-electron chi connectivity index (χ3n) is 2.31. The number of ether oxygens (including phenoxy) is 1. The van der Waals surface area contributed by atoms with Crippen LogP contribution in [0.5, 0.6) is 0 Å². The Bertz CT molecular complexity index is 491. The van der Waals surface area contributed by atoms with E-state index >= 15 is 0 Å². The lowest BCUT2D eigenvalue weighted by Crippen LogP contribution is -2.28. The summed E-state index contributed by atoms with van der Waals surface area (Å²) >= 11 is 5.73. The Hall–Kier alpha value is -1.66. The first-order chi connectivity index (χ1) is 8.81. The number of benzene rings is 1. The summed E-state index contributed by atoms with van der Waals surface area (Å²) < 4.78 is 5.19. The van der Waals surface area contributed by atoms with Crippen LogP contribution in [0.4, 0.5) is 5.69 Å². The van der Waals surface area contributed by atoms with Crippen LogP contribution in [0.2, 0.25) is 5.02 Å². The van der Waals surface area contributed by atoms with Gasteiger partial charge < -0.3 is 9.64 Å². The Kier molecular flexibility index (Phi) is 5.26. The van der Waals surface area contributed by atoms with Gasteiger partial charge in [0, 0.05) is 12.6 Å². The molecule has 7 heteroatoms. The van der Waals surface area contributed by atoms with Crippen LogP contribution in [-0.4, -0.2) is 42.5 Å². The highest BCUT2D eigenvalue weighted by Gasteiger charge is 2.17. The third kappa shape index (κ3) is 4.50. The van der Waals surface area contributed by atoms with E-state index in [9.17, 15) is 14.9 Å². The van der Waals surface area contributed by atoms with Crippen molar-refractivity contribution >= 4 is 23.3 Å². The molecule has 0 N–H and O–H groups in total. The Morgan fingerprint density at radius 2 is 2.16 bits per heavy atom. The van der Waals surface area contributed by atoms with Gasteiger partial charge in [0.25, 0.3) is 5.69 Å². The van der Waals surface area contributed by atoms with Crippen molar-refractivity contribution < 1.29 is 14.5 Å². The minimum Gasteiger partial charge on any atom is -0.458 e. The van der Waals surface area contributed by atoms with Gasteiger partial charge in [-0.25, -0.2) is 4.79 Å². The minimum atomic E-state index is -0.605. The van der Waals surface area contributed by atoms with Gasteiger partial charge in [0.2, 0.25) is 0 Å². The fraction of sp³-hybridized carbons (Fsp3) is 0.417. The monoisotopic (exact) mass is 286 g/mol. The van der Waals surface area contributed by atoms with Gasteiger partial charge >= 0.3 is 5.97 Å². The van der Waals surface area contributed by atoms with E-state index in [4.69, 9.17) is 16.3 Å². The number of halogens is 1. The van der Waals surface area contributed by atoms with Crippen molar-refractivity contribution in [3.8, 4) is 0 Å². The molecule has 1 atom stereocenters. The zero-order valence-corrected chi connectivity index (χ0v) is 11.7. The number of hydrogen-bond acceptors (Lipinski definition) is 5. The molecule has 0 radical (unpaired) electrons. The zero-order valence-electron chi connectivity index (χ0n) is 10.9. The Morgan fingerprint density at radius 3 is 2.63 bits per heavy atom. The fourth-order valence-corrected chi connectivity index (χ4v) is 1.83. The molecule has 0 aliphatic rings. The molecule has 0 saturated heterocycles. The molecular weight excluding hydrogens is 272 g/mol. The molecule has 0 aromatic heterocycles. The molecule has 19 heavy (non-hydrogen) atoms. The van der Waals surface area contributed by atoms with Crippen molar-refractivity contribution in [2.75, 3.05) is 20.6 Å². The SMILES string of the molecule is CC(CN(C)C)OC(=O)c1ccc([N+](=O)[O-])c(Cl)c1. The second-order valence-electron chi connectivity index (χ2n) is 4.40. The topological polar surface area (TPSA) is 72.7 Å². The van der Waals surface area contributed by atoms with Crippen LogP contribution in [0.15, 0.2) is 18.2 Å². The standard InChI is InChI=1S/C12H15ClN2O4/c1-8(7-14(2)3)19-12(16)9-4-5-11(15(17)18)10(13)6-9/h4-6,8H,7H2,1-3H3. The van der Waals surface area contributed by atoms with E-state index in [1.807, 2.05) is 19.0 Å². The van der Waals surface area contributed by atoms with Gasteiger partial charge in [0.1, 0.15) is 11.1 Å². The maximum absolute atomic E-state index is 11.8. The van der Waals surface area contributed by atoms with Crippen LogP contribution in [-0.2, 0) is 4.74 Å². The Balaban J connectivity index is 2.78. The van der Waals surface area contributed by atoms with Crippen molar-refractivity contribution in [2.24, 2.45) is 0 Å². The van der Waals surface area contributed by atoms with E-state index in [0.29, 0.717) is 6.54 Å². The summed E-state index contributed by atoms with van der Waals surface area (Å²) in [6.07, 6.45) is -0.281. The third-order valence-corrected chi connectivity index (χ3v) is 2.61. The minimum absolute atomic E-state index is 0.0836. The molecule has 0 saturated carbocycles. The average Bonchev–Trinajstić information content (AvgIpc) is 2.26. The van der Waals surface area contributed by atoms with Gasteiger partial charge in [-0.2, -0.15) is 0 Å². The van der Waals surface area contributed by atoms with Gasteiger partial charge in [0.05, 0.1) is 10.5 Å². The number of nitro benzene ring substituents is 1. The lowest BCUT2D eigenvalue weighted by Gasteiger charge is -2.17. The molecule has 0 aliphatic heterocycles. The number of nitrogens with zero attached hydrogens (tertiary/aromatic N) is 2. The predicted octanol–water partition coefficient (Wildman–Crippen LogP) is 2.36. The van der Waals surface area contributed by atoms with Crippen molar-refractivity contribution in [2.45, 2.75) is 13.0 Å². The number of rotatable bonds is 5. The molecule has 0 aliphatic carbocycles. The van der Waals surface area contributed by atoms with E-state index in [2.05, 4.69) is 0 Å². The molecule has 6 nitrogen and oxygen atoms in total. The van der Waals surface area contributed by atoms with Crippen LogP contribution in [0.3, 0.4) is 0 Å². The molecule has 0 bridgehead atoms. The van der Waals surface area contributed by atoms with E-state index in [0.717, 1.165) is 0 Å². The van der Waals surface area contributed by atoms with Gasteiger partial charge in [-0.1, -0.05) is 11.6 Å². The largest absolute Gasteiger partial charge is 0.458 e. The number of carbonyl (C=O) groups is 1.